The number of nitrogens with zero attached hydrogens (tertiary/aromatic N) is 2. The third-order valence-corrected chi connectivity index (χ3v) is 1.60. The van der Waals surface area contributed by atoms with Gasteiger partial charge in [0.2, 0.25) is 0 Å². The van der Waals surface area contributed by atoms with Crippen LogP contribution in [0.1, 0.15) is 25.3 Å². The Morgan fingerprint density at radius 2 is 2.46 bits per heavy atom. The number of aryl methyl sites for hydroxylation is 1. The number of hydrogen-bond acceptors (Lipinski definition) is 3. The van der Waals surface area contributed by atoms with Gasteiger partial charge in [-0.25, -0.2) is 4.98 Å². The van der Waals surface area contributed by atoms with Crippen LogP contribution in [0.5, 0.6) is 0 Å². The Morgan fingerprint density at radius 1 is 1.62 bits per heavy atom. The molecule has 0 aliphatic rings. The third kappa shape index (κ3) is 3.69. The van der Waals surface area contributed by atoms with Crippen LogP contribution in [-0.4, -0.2) is 11.2 Å². The molecule has 0 amide bonds. The molecule has 0 saturated carbocycles. The van der Waals surface area contributed by atoms with Gasteiger partial charge in [-0.05, 0) is 31.0 Å². The minimum absolute atomic E-state index is 0.798. The zero-order chi connectivity index (χ0) is 9.52. The molecule has 0 fully saturated rings. The van der Waals surface area contributed by atoms with Crippen LogP contribution < -0.4 is 5.43 Å². The summed E-state index contributed by atoms with van der Waals surface area (Å²) in [4.78, 5) is 4.11. The van der Waals surface area contributed by atoms with Crippen molar-refractivity contribution < 1.29 is 0 Å². The van der Waals surface area contributed by atoms with Crippen LogP contribution in [0.2, 0.25) is 0 Å². The highest BCUT2D eigenvalue weighted by Crippen LogP contribution is 2.04. The van der Waals surface area contributed by atoms with Gasteiger partial charge in [0.15, 0.2) is 0 Å². The summed E-state index contributed by atoms with van der Waals surface area (Å²) in [6.45, 7) is 4.15. The number of nitrogens with one attached hydrogen (secondary N) is 1. The number of aromatic nitrogens is 1. The maximum Gasteiger partial charge on any atom is 0.146 e. The van der Waals surface area contributed by atoms with Crippen molar-refractivity contribution in [2.24, 2.45) is 5.10 Å². The first-order valence-electron chi connectivity index (χ1n) is 4.53. The molecule has 1 heterocycles. The number of rotatable bonds is 4. The molecule has 0 radical (unpaired) electrons. The van der Waals surface area contributed by atoms with E-state index in [2.05, 4.69) is 22.4 Å². The minimum Gasteiger partial charge on any atom is -0.262 e. The zero-order valence-electron chi connectivity index (χ0n) is 8.12. The second kappa shape index (κ2) is 5.30. The van der Waals surface area contributed by atoms with Gasteiger partial charge in [0.05, 0.1) is 0 Å². The summed E-state index contributed by atoms with van der Waals surface area (Å²) in [5, 5.41) is 4.03. The summed E-state index contributed by atoms with van der Waals surface area (Å²) in [7, 11) is 0. The molecule has 1 aromatic heterocycles. The van der Waals surface area contributed by atoms with E-state index in [1.807, 2.05) is 25.3 Å². The lowest BCUT2D eigenvalue weighted by Crippen LogP contribution is -1.92. The summed E-state index contributed by atoms with van der Waals surface area (Å²) < 4.78 is 0. The topological polar surface area (TPSA) is 37.3 Å². The van der Waals surface area contributed by atoms with Gasteiger partial charge in [0, 0.05) is 12.4 Å². The summed E-state index contributed by atoms with van der Waals surface area (Å²) in [5.41, 5.74) is 4.06. The Bertz CT molecular complexity index is 281. The van der Waals surface area contributed by atoms with Crippen molar-refractivity contribution in [1.29, 1.82) is 0 Å². The lowest BCUT2D eigenvalue weighted by atomic mass is 10.3. The predicted octanol–water partition coefficient (Wildman–Crippen LogP) is 2.59. The second-order valence-electron chi connectivity index (χ2n) is 2.93. The highest BCUT2D eigenvalue weighted by Gasteiger charge is 1.89. The van der Waals surface area contributed by atoms with E-state index in [1.54, 1.807) is 6.20 Å². The van der Waals surface area contributed by atoms with E-state index in [-0.39, 0.29) is 0 Å². The molecule has 0 bridgehead atoms. The maximum absolute atomic E-state index is 4.11. The summed E-state index contributed by atoms with van der Waals surface area (Å²) in [6, 6.07) is 3.92. The van der Waals surface area contributed by atoms with Crippen molar-refractivity contribution >= 4 is 12.0 Å². The summed E-state index contributed by atoms with van der Waals surface area (Å²) in [6.07, 6.45) is 5.75. The number of hydrogen-bond donors (Lipinski definition) is 1. The normalized spacial score (nSPS) is 10.6. The highest BCUT2D eigenvalue weighted by atomic mass is 15.3. The van der Waals surface area contributed by atoms with Crippen LogP contribution >= 0.6 is 0 Å². The van der Waals surface area contributed by atoms with Crippen LogP contribution in [-0.2, 0) is 0 Å². The van der Waals surface area contributed by atoms with Gasteiger partial charge >= 0.3 is 0 Å². The fourth-order valence-corrected chi connectivity index (χ4v) is 0.903. The molecule has 70 valence electrons. The lowest BCUT2D eigenvalue weighted by molar-refractivity contribution is 1.00. The Hall–Kier alpha value is -1.38. The van der Waals surface area contributed by atoms with Gasteiger partial charge in [-0.15, -0.1) is 0 Å². The molecule has 0 saturated heterocycles. The van der Waals surface area contributed by atoms with E-state index in [9.17, 15) is 0 Å². The first-order chi connectivity index (χ1) is 6.33. The quantitative estimate of drug-likeness (QED) is 0.567. The van der Waals surface area contributed by atoms with Crippen LogP contribution in [0.25, 0.3) is 0 Å². The number of unbranched alkanes of at least 4 members (excludes halogenated alkanes) is 1. The fraction of sp³-hybridized carbons (Fsp3) is 0.400. The van der Waals surface area contributed by atoms with Crippen molar-refractivity contribution in [3.05, 3.63) is 23.9 Å². The largest absolute Gasteiger partial charge is 0.262 e. The van der Waals surface area contributed by atoms with Crippen molar-refractivity contribution in [3.8, 4) is 0 Å². The Kier molecular flexibility index (Phi) is 3.96. The SMILES string of the molecule is CCC/C=N/Nc1cc(C)ccn1. The van der Waals surface area contributed by atoms with Gasteiger partial charge < -0.3 is 0 Å². The standard InChI is InChI=1S/C10H15N3/c1-3-4-6-12-13-10-8-9(2)5-7-11-10/h5-8H,3-4H2,1-2H3,(H,11,13)/b12-6+. The monoisotopic (exact) mass is 177 g/mol. The molecule has 0 aliphatic heterocycles. The molecule has 1 N–H and O–H groups in total. The predicted molar refractivity (Wildman–Crippen MR) is 56.0 cm³/mol. The zero-order valence-corrected chi connectivity index (χ0v) is 8.12. The van der Waals surface area contributed by atoms with Crippen molar-refractivity contribution in [1.82, 2.24) is 4.98 Å². The van der Waals surface area contributed by atoms with E-state index < -0.39 is 0 Å². The molecule has 13 heavy (non-hydrogen) atoms. The van der Waals surface area contributed by atoms with E-state index in [0.29, 0.717) is 0 Å². The molecular formula is C10H15N3. The van der Waals surface area contributed by atoms with Gasteiger partial charge in [0.1, 0.15) is 5.82 Å². The van der Waals surface area contributed by atoms with Gasteiger partial charge in [-0.3, -0.25) is 5.43 Å². The van der Waals surface area contributed by atoms with E-state index in [0.717, 1.165) is 18.7 Å². The Morgan fingerprint density at radius 3 is 3.15 bits per heavy atom. The van der Waals surface area contributed by atoms with E-state index in [4.69, 9.17) is 0 Å². The molecule has 1 aromatic rings. The molecular weight excluding hydrogens is 162 g/mol. The fourth-order valence-electron chi connectivity index (χ4n) is 0.903. The van der Waals surface area contributed by atoms with Crippen LogP contribution in [0.15, 0.2) is 23.4 Å². The molecule has 0 aliphatic carbocycles. The Labute approximate surface area is 78.9 Å². The third-order valence-electron chi connectivity index (χ3n) is 1.60. The lowest BCUT2D eigenvalue weighted by Gasteiger charge is -1.98. The number of pyridine rings is 1. The molecule has 3 heteroatoms. The van der Waals surface area contributed by atoms with E-state index in [1.165, 1.54) is 5.56 Å². The second-order valence-corrected chi connectivity index (χ2v) is 2.93. The van der Waals surface area contributed by atoms with Crippen LogP contribution in [0.3, 0.4) is 0 Å². The molecule has 0 atom stereocenters. The first kappa shape index (κ1) is 9.71. The summed E-state index contributed by atoms with van der Waals surface area (Å²) >= 11 is 0. The molecule has 1 rings (SSSR count). The van der Waals surface area contributed by atoms with Crippen molar-refractivity contribution in [2.75, 3.05) is 5.43 Å². The number of anilines is 1. The van der Waals surface area contributed by atoms with Crippen LogP contribution in [0.4, 0.5) is 5.82 Å². The minimum atomic E-state index is 0.798. The van der Waals surface area contributed by atoms with Crippen LogP contribution in [0, 0.1) is 6.92 Å². The average molecular weight is 177 g/mol. The van der Waals surface area contributed by atoms with Gasteiger partial charge in [-0.1, -0.05) is 13.3 Å². The summed E-state index contributed by atoms with van der Waals surface area (Å²) in [5.74, 6) is 0.798. The smallest absolute Gasteiger partial charge is 0.146 e. The van der Waals surface area contributed by atoms with E-state index >= 15 is 0 Å². The first-order valence-corrected chi connectivity index (χ1v) is 4.53. The molecule has 0 unspecified atom stereocenters. The number of hydrazone groups is 1. The molecule has 3 nitrogen and oxygen atoms in total. The van der Waals surface area contributed by atoms with Gasteiger partial charge in [0.25, 0.3) is 0 Å². The van der Waals surface area contributed by atoms with Gasteiger partial charge in [-0.2, -0.15) is 5.10 Å². The maximum atomic E-state index is 4.11. The molecule has 0 spiro atoms. The highest BCUT2D eigenvalue weighted by molar-refractivity contribution is 5.58. The van der Waals surface area contributed by atoms with Crippen molar-refractivity contribution in [3.63, 3.8) is 0 Å². The van der Waals surface area contributed by atoms with Crippen molar-refractivity contribution in [2.45, 2.75) is 26.7 Å². The Balaban J connectivity index is 2.45. The molecule has 0 aromatic carbocycles. The average Bonchev–Trinajstić information content (AvgIpc) is 2.13.